The molecule has 0 saturated carbocycles. The number of para-hydroxylation sites is 4. The van der Waals surface area contributed by atoms with Gasteiger partial charge in [-0.25, -0.2) is 4.79 Å². The van der Waals surface area contributed by atoms with E-state index in [1.54, 1.807) is 0 Å². The highest BCUT2D eigenvalue weighted by Crippen LogP contribution is 2.32. The van der Waals surface area contributed by atoms with Crippen molar-refractivity contribution in [3.8, 4) is 11.5 Å². The molecule has 0 bridgehead atoms. The number of hydrogen-bond donors (Lipinski definition) is 1. The van der Waals surface area contributed by atoms with Crippen LogP contribution in [0.1, 0.15) is 25.3 Å². The molecule has 5 rings (SSSR count). The number of H-pyrrole nitrogens is 1. The van der Waals surface area contributed by atoms with Gasteiger partial charge in [0.1, 0.15) is 12.7 Å². The van der Waals surface area contributed by atoms with E-state index in [0.29, 0.717) is 6.61 Å². The van der Waals surface area contributed by atoms with Crippen LogP contribution in [0.5, 0.6) is 11.5 Å². The Bertz CT molecular complexity index is 1020. The van der Waals surface area contributed by atoms with Gasteiger partial charge < -0.3 is 19.4 Å². The van der Waals surface area contributed by atoms with Crippen molar-refractivity contribution in [2.75, 3.05) is 26.2 Å². The maximum absolute atomic E-state index is 12.4. The summed E-state index contributed by atoms with van der Waals surface area (Å²) in [5.74, 6) is 1.68. The summed E-state index contributed by atoms with van der Waals surface area (Å²) in [7, 11) is 0. The van der Waals surface area contributed by atoms with Crippen LogP contribution in [0.4, 0.5) is 0 Å². The lowest BCUT2D eigenvalue weighted by molar-refractivity contribution is 0.0704. The fraction of sp³-hybridized carbons (Fsp3) is 0.409. The molecule has 6 nitrogen and oxygen atoms in total. The number of nitrogens with zero attached hydrogens (tertiary/aromatic N) is 2. The van der Waals surface area contributed by atoms with Gasteiger partial charge in [-0.05, 0) is 37.1 Å². The van der Waals surface area contributed by atoms with Crippen molar-refractivity contribution >= 4 is 11.0 Å². The molecule has 146 valence electrons. The Morgan fingerprint density at radius 3 is 2.61 bits per heavy atom. The highest BCUT2D eigenvalue weighted by atomic mass is 16.6. The second-order valence-corrected chi connectivity index (χ2v) is 7.68. The van der Waals surface area contributed by atoms with Gasteiger partial charge in [0.25, 0.3) is 0 Å². The zero-order valence-electron chi connectivity index (χ0n) is 15.8. The van der Waals surface area contributed by atoms with Crippen LogP contribution in [0, 0.1) is 0 Å². The number of hydrogen-bond acceptors (Lipinski definition) is 4. The first-order valence-corrected chi connectivity index (χ1v) is 10.1. The first kappa shape index (κ1) is 17.4. The third-order valence-electron chi connectivity index (χ3n) is 5.88. The fourth-order valence-corrected chi connectivity index (χ4v) is 4.37. The summed E-state index contributed by atoms with van der Waals surface area (Å²) < 4.78 is 13.8. The van der Waals surface area contributed by atoms with Gasteiger partial charge in [-0.15, -0.1) is 0 Å². The Kier molecular flexibility index (Phi) is 4.56. The fourth-order valence-electron chi connectivity index (χ4n) is 4.37. The summed E-state index contributed by atoms with van der Waals surface area (Å²) in [6.07, 6.45) is 3.04. The second-order valence-electron chi connectivity index (χ2n) is 7.68. The Hall–Kier alpha value is -2.73. The molecule has 2 aliphatic heterocycles. The van der Waals surface area contributed by atoms with Gasteiger partial charge in [-0.1, -0.05) is 24.3 Å². The van der Waals surface area contributed by atoms with Gasteiger partial charge in [-0.2, -0.15) is 0 Å². The number of ether oxygens (including phenoxy) is 2. The highest BCUT2D eigenvalue weighted by molar-refractivity contribution is 5.75. The zero-order valence-corrected chi connectivity index (χ0v) is 15.8. The van der Waals surface area contributed by atoms with E-state index in [0.717, 1.165) is 61.4 Å². The molecule has 2 aliphatic rings. The Morgan fingerprint density at radius 1 is 1.00 bits per heavy atom. The van der Waals surface area contributed by atoms with Crippen LogP contribution in [0.2, 0.25) is 0 Å². The Balaban J connectivity index is 1.17. The monoisotopic (exact) mass is 379 g/mol. The summed E-state index contributed by atoms with van der Waals surface area (Å²) in [5, 5.41) is 0. The lowest BCUT2D eigenvalue weighted by Gasteiger charge is -2.34. The van der Waals surface area contributed by atoms with Gasteiger partial charge in [0.05, 0.1) is 11.0 Å². The average Bonchev–Trinajstić information content (AvgIpc) is 3.08. The smallest absolute Gasteiger partial charge is 0.326 e. The first-order chi connectivity index (χ1) is 13.8. The maximum atomic E-state index is 12.4. The largest absolute Gasteiger partial charge is 0.486 e. The van der Waals surface area contributed by atoms with E-state index >= 15 is 0 Å². The summed E-state index contributed by atoms with van der Waals surface area (Å²) in [5.41, 5.74) is 1.94. The number of aromatic amines is 1. The third-order valence-corrected chi connectivity index (χ3v) is 5.88. The van der Waals surface area contributed by atoms with E-state index in [4.69, 9.17) is 9.47 Å². The molecule has 0 spiro atoms. The quantitative estimate of drug-likeness (QED) is 0.756. The molecule has 28 heavy (non-hydrogen) atoms. The minimum atomic E-state index is 0.00562. The van der Waals surface area contributed by atoms with Gasteiger partial charge in [-0.3, -0.25) is 4.57 Å². The summed E-state index contributed by atoms with van der Waals surface area (Å²) in [6, 6.07) is 16.1. The van der Waals surface area contributed by atoms with Gasteiger partial charge in [0, 0.05) is 32.1 Å². The van der Waals surface area contributed by atoms with E-state index < -0.39 is 0 Å². The summed E-state index contributed by atoms with van der Waals surface area (Å²) in [4.78, 5) is 17.9. The van der Waals surface area contributed by atoms with Crippen LogP contribution >= 0.6 is 0 Å². The number of benzene rings is 2. The van der Waals surface area contributed by atoms with E-state index in [9.17, 15) is 4.79 Å². The second kappa shape index (κ2) is 7.36. The molecule has 1 unspecified atom stereocenters. The van der Waals surface area contributed by atoms with Crippen molar-refractivity contribution in [3.05, 3.63) is 59.0 Å². The number of nitrogens with one attached hydrogen (secondary N) is 1. The molecule has 0 aliphatic carbocycles. The predicted octanol–water partition coefficient (Wildman–Crippen LogP) is 3.20. The Labute approximate surface area is 163 Å². The van der Waals surface area contributed by atoms with E-state index in [1.807, 2.05) is 53.1 Å². The molecule has 2 aromatic carbocycles. The van der Waals surface area contributed by atoms with Crippen LogP contribution in [-0.2, 0) is 0 Å². The lowest BCUT2D eigenvalue weighted by atomic mass is 10.0. The third kappa shape index (κ3) is 3.29. The standard InChI is InChI=1S/C22H25N3O3/c26-22-23-18-5-1-2-6-19(18)25(22)16-9-12-24(13-10-16)14-11-17-15-27-20-7-3-4-8-21(20)28-17/h1-8,16-17H,9-15H2,(H,23,26). The van der Waals surface area contributed by atoms with Gasteiger partial charge >= 0.3 is 5.69 Å². The van der Waals surface area contributed by atoms with Crippen LogP contribution in [0.3, 0.4) is 0 Å². The average molecular weight is 379 g/mol. The zero-order chi connectivity index (χ0) is 18.9. The topological polar surface area (TPSA) is 59.5 Å². The molecule has 0 radical (unpaired) electrons. The molecule has 3 aromatic rings. The molecule has 6 heteroatoms. The van der Waals surface area contributed by atoms with E-state index in [1.165, 1.54) is 0 Å². The number of aromatic nitrogens is 2. The molecule has 1 atom stereocenters. The number of fused-ring (bicyclic) bond motifs is 2. The molecule has 1 saturated heterocycles. The SMILES string of the molecule is O=c1[nH]c2ccccc2n1C1CCN(CCC2COc3ccccc3O2)CC1. The van der Waals surface area contributed by atoms with Gasteiger partial charge in [0.15, 0.2) is 11.5 Å². The van der Waals surface area contributed by atoms with E-state index in [2.05, 4.69) is 9.88 Å². The van der Waals surface area contributed by atoms with Crippen molar-refractivity contribution in [3.63, 3.8) is 0 Å². The lowest BCUT2D eigenvalue weighted by Crippen LogP contribution is -2.40. The molecule has 1 aromatic heterocycles. The van der Waals surface area contributed by atoms with Crippen molar-refractivity contribution < 1.29 is 9.47 Å². The molecule has 1 N–H and O–H groups in total. The number of rotatable bonds is 4. The first-order valence-electron chi connectivity index (χ1n) is 10.1. The van der Waals surface area contributed by atoms with E-state index in [-0.39, 0.29) is 17.8 Å². The van der Waals surface area contributed by atoms with Crippen molar-refractivity contribution in [2.24, 2.45) is 0 Å². The summed E-state index contributed by atoms with van der Waals surface area (Å²) in [6.45, 7) is 3.60. The minimum absolute atomic E-state index is 0.00562. The molecular formula is C22H25N3O3. The highest BCUT2D eigenvalue weighted by Gasteiger charge is 2.25. The molecular weight excluding hydrogens is 354 g/mol. The summed E-state index contributed by atoms with van der Waals surface area (Å²) >= 11 is 0. The molecule has 1 fully saturated rings. The molecule has 3 heterocycles. The number of likely N-dealkylation sites (tertiary alicyclic amines) is 1. The predicted molar refractivity (Wildman–Crippen MR) is 108 cm³/mol. The van der Waals surface area contributed by atoms with Crippen LogP contribution in [-0.4, -0.2) is 46.8 Å². The minimum Gasteiger partial charge on any atom is -0.486 e. The van der Waals surface area contributed by atoms with Crippen molar-refractivity contribution in [1.82, 2.24) is 14.5 Å². The van der Waals surface area contributed by atoms with Crippen LogP contribution in [0.25, 0.3) is 11.0 Å². The molecule has 0 amide bonds. The number of imidazole rings is 1. The number of piperidine rings is 1. The van der Waals surface area contributed by atoms with Crippen LogP contribution < -0.4 is 15.2 Å². The van der Waals surface area contributed by atoms with Crippen molar-refractivity contribution in [1.29, 1.82) is 0 Å². The van der Waals surface area contributed by atoms with Crippen molar-refractivity contribution in [2.45, 2.75) is 31.4 Å². The van der Waals surface area contributed by atoms with Crippen LogP contribution in [0.15, 0.2) is 53.3 Å². The maximum Gasteiger partial charge on any atom is 0.326 e. The van der Waals surface area contributed by atoms with Gasteiger partial charge in [0.2, 0.25) is 0 Å². The normalized spacial score (nSPS) is 20.5. The Morgan fingerprint density at radius 2 is 1.75 bits per heavy atom.